The van der Waals surface area contributed by atoms with Crippen molar-refractivity contribution in [3.63, 3.8) is 0 Å². The van der Waals surface area contributed by atoms with Crippen LogP contribution in [0.2, 0.25) is 0 Å². The third-order valence-electron chi connectivity index (χ3n) is 8.76. The van der Waals surface area contributed by atoms with Crippen molar-refractivity contribution in [1.82, 2.24) is 30.0 Å². The zero-order valence-corrected chi connectivity index (χ0v) is 23.2. The number of benzene rings is 1. The Bertz CT molecular complexity index is 1460. The van der Waals surface area contributed by atoms with Gasteiger partial charge < -0.3 is 20.4 Å². The van der Waals surface area contributed by atoms with Crippen molar-refractivity contribution in [1.29, 1.82) is 0 Å². The third-order valence-corrected chi connectivity index (χ3v) is 8.76. The van der Waals surface area contributed by atoms with Crippen molar-refractivity contribution < 1.29 is 19.2 Å². The van der Waals surface area contributed by atoms with E-state index in [0.29, 0.717) is 44.5 Å². The highest BCUT2D eigenvalue weighted by molar-refractivity contribution is 5.95. The molecule has 3 aromatic rings. The normalized spacial score (nSPS) is 27.3. The van der Waals surface area contributed by atoms with Gasteiger partial charge in [0, 0.05) is 56.5 Å². The quantitative estimate of drug-likeness (QED) is 0.512. The predicted octanol–water partition coefficient (Wildman–Crippen LogP) is 2.04. The molecule has 0 aliphatic carbocycles. The Hall–Kier alpha value is -4.21. The molecule has 0 unspecified atom stereocenters. The Kier molecular flexibility index (Phi) is 7.47. The zero-order chi connectivity index (χ0) is 28.5. The largest absolute Gasteiger partial charge is 0.345 e. The number of fused-ring (bicyclic) bond motifs is 5. The SMILES string of the molecule is C[C@H]1NC(=O)CCC[C@H]2[C@@H]3C[C@@H](CN(C(=O)c4ccn5nccc5c4)C3)CN2C(=O)[C@H](Cc2ccccc2)NC1=O. The monoisotopic (exact) mass is 556 g/mol. The Labute approximate surface area is 239 Å². The highest BCUT2D eigenvalue weighted by Crippen LogP contribution is 2.36. The van der Waals surface area contributed by atoms with Gasteiger partial charge in [-0.2, -0.15) is 5.10 Å². The summed E-state index contributed by atoms with van der Waals surface area (Å²) in [5.41, 5.74) is 2.44. The van der Waals surface area contributed by atoms with Crippen LogP contribution in [-0.4, -0.2) is 80.8 Å². The van der Waals surface area contributed by atoms with Crippen molar-refractivity contribution in [2.75, 3.05) is 19.6 Å². The molecule has 1 aromatic carbocycles. The summed E-state index contributed by atoms with van der Waals surface area (Å²) in [6.45, 7) is 3.29. The first-order valence-electron chi connectivity index (χ1n) is 14.5. The van der Waals surface area contributed by atoms with E-state index in [1.165, 1.54) is 0 Å². The van der Waals surface area contributed by atoms with E-state index < -0.39 is 12.1 Å². The molecule has 5 atom stereocenters. The maximum absolute atomic E-state index is 14.2. The average molecular weight is 557 g/mol. The Morgan fingerprint density at radius 3 is 2.68 bits per heavy atom. The molecule has 41 heavy (non-hydrogen) atoms. The molecule has 6 rings (SSSR count). The number of hydrogen-bond acceptors (Lipinski definition) is 5. The van der Waals surface area contributed by atoms with Gasteiger partial charge in [-0.3, -0.25) is 19.2 Å². The van der Waals surface area contributed by atoms with Crippen molar-refractivity contribution in [2.24, 2.45) is 11.8 Å². The summed E-state index contributed by atoms with van der Waals surface area (Å²) in [5.74, 6) is -0.415. The number of nitrogens with one attached hydrogen (secondary N) is 2. The van der Waals surface area contributed by atoms with E-state index >= 15 is 0 Å². The second kappa shape index (κ2) is 11.3. The number of piperidine rings is 2. The van der Waals surface area contributed by atoms with E-state index in [1.807, 2.05) is 52.3 Å². The lowest BCUT2D eigenvalue weighted by molar-refractivity contribution is -0.145. The molecule has 4 amide bonds. The molecule has 2 N–H and O–H groups in total. The number of carbonyl (C=O) groups is 4. The van der Waals surface area contributed by atoms with E-state index in [2.05, 4.69) is 15.7 Å². The topological polar surface area (TPSA) is 116 Å². The summed E-state index contributed by atoms with van der Waals surface area (Å²) in [6.07, 6.45) is 6.36. The molecule has 0 spiro atoms. The minimum absolute atomic E-state index is 0.0149. The molecular formula is C31H36N6O4. The second-order valence-corrected chi connectivity index (χ2v) is 11.7. The third kappa shape index (κ3) is 5.68. The van der Waals surface area contributed by atoms with Gasteiger partial charge >= 0.3 is 0 Å². The standard InChI is InChI=1S/C31H36N6O4/c1-20-29(39)34-26(15-21-6-3-2-4-7-21)31(41)36-18-22-14-24(27(36)8-5-9-28(38)33-20)19-35(17-22)30(40)23-11-13-37-25(16-23)10-12-32-37/h2-4,6-7,10-13,16,20,22,24,26-27H,5,8-9,14-15,17-19H2,1H3,(H,33,38)(H,34,39)/t20-,22+,24-,26+,27+/m1/s1. The number of rotatable bonds is 3. The summed E-state index contributed by atoms with van der Waals surface area (Å²) in [7, 11) is 0. The summed E-state index contributed by atoms with van der Waals surface area (Å²) in [4.78, 5) is 57.4. The van der Waals surface area contributed by atoms with Gasteiger partial charge in [-0.25, -0.2) is 4.52 Å². The lowest BCUT2D eigenvalue weighted by Gasteiger charge is -2.51. The van der Waals surface area contributed by atoms with E-state index in [1.54, 1.807) is 29.9 Å². The van der Waals surface area contributed by atoms with E-state index in [9.17, 15) is 19.2 Å². The van der Waals surface area contributed by atoms with Crippen LogP contribution >= 0.6 is 0 Å². The second-order valence-electron chi connectivity index (χ2n) is 11.7. The summed E-state index contributed by atoms with van der Waals surface area (Å²) in [5, 5.41) is 9.94. The van der Waals surface area contributed by atoms with Gasteiger partial charge in [0.1, 0.15) is 12.1 Å². The van der Waals surface area contributed by atoms with Crippen LogP contribution in [0.15, 0.2) is 60.9 Å². The van der Waals surface area contributed by atoms with Crippen molar-refractivity contribution in [2.45, 2.75) is 57.2 Å². The van der Waals surface area contributed by atoms with Crippen LogP contribution in [-0.2, 0) is 20.8 Å². The first-order valence-corrected chi connectivity index (χ1v) is 14.5. The molecule has 0 saturated carbocycles. The molecule has 2 aromatic heterocycles. The first kappa shape index (κ1) is 27.0. The molecule has 214 valence electrons. The number of hydrogen-bond donors (Lipinski definition) is 2. The fourth-order valence-electron chi connectivity index (χ4n) is 6.77. The number of nitrogens with zero attached hydrogens (tertiary/aromatic N) is 4. The van der Waals surface area contributed by atoms with Crippen LogP contribution in [0.4, 0.5) is 0 Å². The van der Waals surface area contributed by atoms with Crippen LogP contribution in [0.5, 0.6) is 0 Å². The van der Waals surface area contributed by atoms with Crippen LogP contribution < -0.4 is 10.6 Å². The van der Waals surface area contributed by atoms with E-state index in [4.69, 9.17) is 0 Å². The van der Waals surface area contributed by atoms with Crippen LogP contribution in [0, 0.1) is 11.8 Å². The number of pyridine rings is 1. The number of carbonyl (C=O) groups excluding carboxylic acids is 4. The molecule has 3 aliphatic heterocycles. The smallest absolute Gasteiger partial charge is 0.254 e. The maximum atomic E-state index is 14.2. The minimum Gasteiger partial charge on any atom is -0.345 e. The van der Waals surface area contributed by atoms with Crippen LogP contribution in [0.3, 0.4) is 0 Å². The zero-order valence-electron chi connectivity index (χ0n) is 23.2. The maximum Gasteiger partial charge on any atom is 0.254 e. The Morgan fingerprint density at radius 2 is 1.85 bits per heavy atom. The Morgan fingerprint density at radius 1 is 1.02 bits per heavy atom. The highest BCUT2D eigenvalue weighted by Gasteiger charge is 2.45. The number of aromatic nitrogens is 2. The van der Waals surface area contributed by atoms with Gasteiger partial charge in [-0.1, -0.05) is 30.3 Å². The van der Waals surface area contributed by atoms with E-state index in [0.717, 1.165) is 17.5 Å². The number of amides is 4. The van der Waals surface area contributed by atoms with Gasteiger partial charge in [0.15, 0.2) is 0 Å². The van der Waals surface area contributed by atoms with Crippen molar-refractivity contribution in [3.8, 4) is 0 Å². The molecule has 2 bridgehead atoms. The molecule has 0 radical (unpaired) electrons. The predicted molar refractivity (Wildman–Crippen MR) is 152 cm³/mol. The van der Waals surface area contributed by atoms with Gasteiger partial charge in [-0.15, -0.1) is 0 Å². The average Bonchev–Trinajstić information content (AvgIpc) is 3.45. The van der Waals surface area contributed by atoms with Gasteiger partial charge in [0.25, 0.3) is 5.91 Å². The van der Waals surface area contributed by atoms with E-state index in [-0.39, 0.29) is 47.9 Å². The number of likely N-dealkylation sites (tertiary alicyclic amines) is 1. The fraction of sp³-hybridized carbons (Fsp3) is 0.452. The van der Waals surface area contributed by atoms with Crippen LogP contribution in [0.25, 0.3) is 5.52 Å². The molecule has 3 aliphatic rings. The summed E-state index contributed by atoms with van der Waals surface area (Å²) >= 11 is 0. The van der Waals surface area contributed by atoms with Gasteiger partial charge in [0.2, 0.25) is 17.7 Å². The molecule has 10 heteroatoms. The molecular weight excluding hydrogens is 520 g/mol. The summed E-state index contributed by atoms with van der Waals surface area (Å²) in [6, 6.07) is 13.6. The summed E-state index contributed by atoms with van der Waals surface area (Å²) < 4.78 is 1.73. The molecule has 5 heterocycles. The molecule has 10 nitrogen and oxygen atoms in total. The Balaban J connectivity index is 1.26. The van der Waals surface area contributed by atoms with Crippen LogP contribution in [0.1, 0.15) is 48.5 Å². The van der Waals surface area contributed by atoms with Gasteiger partial charge in [-0.05, 0) is 61.8 Å². The first-order chi connectivity index (χ1) is 19.9. The minimum atomic E-state index is -0.745. The molecule has 3 saturated heterocycles. The van der Waals surface area contributed by atoms with Crippen molar-refractivity contribution >= 4 is 29.1 Å². The van der Waals surface area contributed by atoms with Crippen molar-refractivity contribution in [3.05, 3.63) is 72.1 Å². The highest BCUT2D eigenvalue weighted by atomic mass is 16.2. The molecule has 3 fully saturated rings. The fourth-order valence-corrected chi connectivity index (χ4v) is 6.77. The lowest BCUT2D eigenvalue weighted by atomic mass is 9.77. The lowest BCUT2D eigenvalue weighted by Crippen LogP contribution is -2.63. The van der Waals surface area contributed by atoms with Gasteiger partial charge in [0.05, 0.1) is 5.52 Å².